The standard InChI is InChI=1S/C31H31Cl2N3O5/c1-18-6-5-7-19(16-18)26-24(27(37)22-17-23(32)30(41-4)25(33)29(22)40-3)28(38)31(39)36(26)21-10-8-20(9-11-21)35-14-12-34(2)13-15-35/h5-11,16-17,26,37H,12-15H2,1-4H3/b27-24+. The summed E-state index contributed by atoms with van der Waals surface area (Å²) in [5, 5.41) is 11.8. The molecule has 1 unspecified atom stereocenters. The molecule has 0 saturated carbocycles. The van der Waals surface area contributed by atoms with Crippen LogP contribution in [0.5, 0.6) is 11.5 Å². The number of carbonyl (C=O) groups excluding carboxylic acids is 2. The molecule has 0 spiro atoms. The van der Waals surface area contributed by atoms with Crippen molar-refractivity contribution in [2.75, 3.05) is 57.2 Å². The highest BCUT2D eigenvalue weighted by Crippen LogP contribution is 2.48. The van der Waals surface area contributed by atoms with E-state index >= 15 is 0 Å². The van der Waals surface area contributed by atoms with Crippen molar-refractivity contribution in [2.24, 2.45) is 0 Å². The van der Waals surface area contributed by atoms with E-state index in [0.717, 1.165) is 37.4 Å². The quantitative estimate of drug-likeness (QED) is 0.222. The van der Waals surface area contributed by atoms with E-state index in [9.17, 15) is 14.7 Å². The molecule has 3 aromatic carbocycles. The van der Waals surface area contributed by atoms with Gasteiger partial charge in [0.05, 0.1) is 36.4 Å². The number of methoxy groups -OCH3 is 2. The molecule has 0 bridgehead atoms. The lowest BCUT2D eigenvalue weighted by atomic mass is 9.94. The van der Waals surface area contributed by atoms with Gasteiger partial charge in [0.15, 0.2) is 11.5 Å². The van der Waals surface area contributed by atoms with E-state index < -0.39 is 23.5 Å². The van der Waals surface area contributed by atoms with Gasteiger partial charge in [-0.2, -0.15) is 0 Å². The lowest BCUT2D eigenvalue weighted by Crippen LogP contribution is -2.44. The van der Waals surface area contributed by atoms with E-state index in [1.807, 2.05) is 55.5 Å². The monoisotopic (exact) mass is 595 g/mol. The number of hydrogen-bond donors (Lipinski definition) is 1. The molecule has 1 amide bonds. The summed E-state index contributed by atoms with van der Waals surface area (Å²) in [6.45, 7) is 5.66. The van der Waals surface area contributed by atoms with Gasteiger partial charge in [-0.05, 0) is 49.9 Å². The number of ketones is 1. The van der Waals surface area contributed by atoms with Crippen molar-refractivity contribution in [3.8, 4) is 11.5 Å². The fourth-order valence-electron chi connectivity index (χ4n) is 5.43. The number of likely N-dealkylation sites (N-methyl/N-ethyl adjacent to an activating group) is 1. The van der Waals surface area contributed by atoms with Gasteiger partial charge in [-0.1, -0.05) is 53.0 Å². The van der Waals surface area contributed by atoms with E-state index in [0.29, 0.717) is 11.3 Å². The maximum absolute atomic E-state index is 13.7. The summed E-state index contributed by atoms with van der Waals surface area (Å²) in [5.41, 5.74) is 3.15. The van der Waals surface area contributed by atoms with Crippen molar-refractivity contribution < 1.29 is 24.2 Å². The maximum atomic E-state index is 13.7. The topological polar surface area (TPSA) is 82.5 Å². The third-order valence-electron chi connectivity index (χ3n) is 7.59. The number of aryl methyl sites for hydroxylation is 1. The van der Waals surface area contributed by atoms with E-state index in [2.05, 4.69) is 16.8 Å². The molecule has 0 radical (unpaired) electrons. The van der Waals surface area contributed by atoms with Crippen molar-refractivity contribution in [1.82, 2.24) is 4.90 Å². The van der Waals surface area contributed by atoms with Gasteiger partial charge in [-0.3, -0.25) is 14.5 Å². The number of piperazine rings is 1. The van der Waals surface area contributed by atoms with Crippen LogP contribution in [0, 0.1) is 6.92 Å². The first kappa shape index (κ1) is 28.8. The molecule has 2 aliphatic rings. The Hall–Kier alpha value is -3.72. The van der Waals surface area contributed by atoms with Gasteiger partial charge in [-0.25, -0.2) is 0 Å². The highest BCUT2D eigenvalue weighted by Gasteiger charge is 2.47. The van der Waals surface area contributed by atoms with Crippen LogP contribution in [-0.4, -0.2) is 69.1 Å². The van der Waals surface area contributed by atoms with Crippen molar-refractivity contribution in [3.63, 3.8) is 0 Å². The Balaban J connectivity index is 1.65. The zero-order chi connectivity index (χ0) is 29.4. The largest absolute Gasteiger partial charge is 0.507 e. The number of amides is 1. The number of nitrogens with zero attached hydrogens (tertiary/aromatic N) is 3. The van der Waals surface area contributed by atoms with Gasteiger partial charge < -0.3 is 24.4 Å². The Labute approximate surface area is 249 Å². The average Bonchev–Trinajstić information content (AvgIpc) is 3.23. The first-order chi connectivity index (χ1) is 19.7. The van der Waals surface area contributed by atoms with Crippen LogP contribution in [0.4, 0.5) is 11.4 Å². The number of rotatable bonds is 6. The summed E-state index contributed by atoms with van der Waals surface area (Å²) in [4.78, 5) is 33.3. The lowest BCUT2D eigenvalue weighted by molar-refractivity contribution is -0.132. The normalized spacial score (nSPS) is 19.1. The highest BCUT2D eigenvalue weighted by molar-refractivity contribution is 6.52. The van der Waals surface area contributed by atoms with Crippen molar-refractivity contribution >= 4 is 52.0 Å². The number of benzene rings is 3. The molecule has 2 aliphatic heterocycles. The van der Waals surface area contributed by atoms with E-state index in [4.69, 9.17) is 32.7 Å². The van der Waals surface area contributed by atoms with Crippen molar-refractivity contribution in [3.05, 3.63) is 86.9 Å². The molecule has 0 aliphatic carbocycles. The third-order valence-corrected chi connectivity index (χ3v) is 8.22. The van der Waals surface area contributed by atoms with Crippen molar-refractivity contribution in [2.45, 2.75) is 13.0 Å². The minimum Gasteiger partial charge on any atom is -0.507 e. The summed E-state index contributed by atoms with van der Waals surface area (Å²) < 4.78 is 10.8. The van der Waals surface area contributed by atoms with Gasteiger partial charge in [0.1, 0.15) is 10.8 Å². The second-order valence-corrected chi connectivity index (χ2v) is 11.0. The number of carbonyl (C=O) groups is 2. The first-order valence-corrected chi connectivity index (χ1v) is 13.9. The Kier molecular flexibility index (Phi) is 8.18. The summed E-state index contributed by atoms with van der Waals surface area (Å²) in [6, 6.07) is 15.6. The SMILES string of the molecule is COc1c(Cl)cc(/C(O)=C2\C(=O)C(=O)N(c3ccc(N4CCN(C)CC4)cc3)C2c2cccc(C)c2)c(OC)c1Cl. The second-order valence-electron chi connectivity index (χ2n) is 10.2. The summed E-state index contributed by atoms with van der Waals surface area (Å²) >= 11 is 12.9. The van der Waals surface area contributed by atoms with Crippen LogP contribution >= 0.6 is 23.2 Å². The Morgan fingerprint density at radius 2 is 1.54 bits per heavy atom. The number of aliphatic hydroxyl groups excluding tert-OH is 1. The Bertz CT molecular complexity index is 1530. The van der Waals surface area contributed by atoms with Gasteiger partial charge in [0, 0.05) is 37.6 Å². The number of anilines is 2. The highest BCUT2D eigenvalue weighted by atomic mass is 35.5. The predicted molar refractivity (Wildman–Crippen MR) is 162 cm³/mol. The molecule has 1 atom stereocenters. The molecular weight excluding hydrogens is 565 g/mol. The average molecular weight is 597 g/mol. The molecule has 2 heterocycles. The molecule has 10 heteroatoms. The first-order valence-electron chi connectivity index (χ1n) is 13.2. The van der Waals surface area contributed by atoms with Gasteiger partial charge in [0.25, 0.3) is 11.7 Å². The van der Waals surface area contributed by atoms with E-state index in [1.165, 1.54) is 25.2 Å². The van der Waals surface area contributed by atoms with Crippen LogP contribution in [0.3, 0.4) is 0 Å². The maximum Gasteiger partial charge on any atom is 0.300 e. The van der Waals surface area contributed by atoms with E-state index in [-0.39, 0.29) is 32.7 Å². The molecule has 1 N–H and O–H groups in total. The molecule has 214 valence electrons. The van der Waals surface area contributed by atoms with Crippen LogP contribution in [0.15, 0.2) is 60.2 Å². The van der Waals surface area contributed by atoms with Crippen LogP contribution in [0.1, 0.15) is 22.7 Å². The molecular formula is C31H31Cl2N3O5. The molecule has 2 saturated heterocycles. The van der Waals surface area contributed by atoms with Crippen LogP contribution in [0.25, 0.3) is 5.76 Å². The zero-order valence-corrected chi connectivity index (χ0v) is 24.8. The van der Waals surface area contributed by atoms with Crippen molar-refractivity contribution in [1.29, 1.82) is 0 Å². The van der Waals surface area contributed by atoms with Gasteiger partial charge in [-0.15, -0.1) is 0 Å². The molecule has 0 aromatic heterocycles. The predicted octanol–water partition coefficient (Wildman–Crippen LogP) is 5.70. The Morgan fingerprint density at radius 1 is 0.902 bits per heavy atom. The minimum atomic E-state index is -0.909. The van der Waals surface area contributed by atoms with Gasteiger partial charge in [0.2, 0.25) is 0 Å². The van der Waals surface area contributed by atoms with E-state index in [1.54, 1.807) is 0 Å². The number of halogens is 2. The zero-order valence-electron chi connectivity index (χ0n) is 23.3. The van der Waals surface area contributed by atoms with Crippen LogP contribution in [0.2, 0.25) is 10.0 Å². The fraction of sp³-hybridized carbons (Fsp3) is 0.290. The number of Topliss-reactive ketones (excluding diaryl/α,β-unsaturated/α-hetero) is 1. The molecule has 2 fully saturated rings. The summed E-state index contributed by atoms with van der Waals surface area (Å²) in [7, 11) is 4.89. The van der Waals surface area contributed by atoms with Gasteiger partial charge >= 0.3 is 0 Å². The van der Waals surface area contributed by atoms with Crippen LogP contribution in [-0.2, 0) is 9.59 Å². The molecule has 5 rings (SSSR count). The smallest absolute Gasteiger partial charge is 0.300 e. The molecule has 41 heavy (non-hydrogen) atoms. The second kappa shape index (κ2) is 11.6. The Morgan fingerprint density at radius 3 is 2.15 bits per heavy atom. The minimum absolute atomic E-state index is 0.0323. The summed E-state index contributed by atoms with van der Waals surface area (Å²) in [5.74, 6) is -1.80. The fourth-order valence-corrected chi connectivity index (χ4v) is 6.12. The molecule has 8 nitrogen and oxygen atoms in total. The number of ether oxygens (including phenoxy) is 2. The number of hydrogen-bond acceptors (Lipinski definition) is 7. The van der Waals surface area contributed by atoms with Crippen LogP contribution < -0.4 is 19.3 Å². The third kappa shape index (κ3) is 5.23. The molecule has 3 aromatic rings. The summed E-state index contributed by atoms with van der Waals surface area (Å²) in [6.07, 6.45) is 0. The number of aliphatic hydroxyl groups is 1. The lowest BCUT2D eigenvalue weighted by Gasteiger charge is -2.34.